The van der Waals surface area contributed by atoms with Gasteiger partial charge >= 0.3 is 0 Å². The highest BCUT2D eigenvalue weighted by atomic mass is 16.3. The summed E-state index contributed by atoms with van der Waals surface area (Å²) in [5.41, 5.74) is 3.15. The van der Waals surface area contributed by atoms with Crippen molar-refractivity contribution in [3.05, 3.63) is 29.1 Å². The van der Waals surface area contributed by atoms with Crippen LogP contribution in [0.4, 0.5) is 0 Å². The highest BCUT2D eigenvalue weighted by molar-refractivity contribution is 5.24. The van der Waals surface area contributed by atoms with E-state index < -0.39 is 0 Å². The van der Waals surface area contributed by atoms with Gasteiger partial charge in [0.25, 0.3) is 0 Å². The van der Waals surface area contributed by atoms with Crippen molar-refractivity contribution < 1.29 is 5.11 Å². The molecule has 1 fully saturated rings. The minimum absolute atomic E-state index is 0.372. The Labute approximate surface area is 97.7 Å². The normalized spacial score (nSPS) is 18.9. The van der Waals surface area contributed by atoms with Crippen LogP contribution >= 0.6 is 0 Å². The van der Waals surface area contributed by atoms with Crippen LogP contribution in [0.1, 0.15) is 55.0 Å². The van der Waals surface area contributed by atoms with Crippen LogP contribution in [0.5, 0.6) is 0 Å². The number of aliphatic hydroxyl groups is 1. The lowest BCUT2D eigenvalue weighted by molar-refractivity contribution is 0.140. The summed E-state index contributed by atoms with van der Waals surface area (Å²) in [5, 5.41) is 10.2. The molecule has 1 aliphatic rings. The van der Waals surface area contributed by atoms with E-state index in [1.165, 1.54) is 25.7 Å². The van der Waals surface area contributed by atoms with Crippen molar-refractivity contribution in [1.82, 2.24) is 4.98 Å². The van der Waals surface area contributed by atoms with Crippen LogP contribution in [0.25, 0.3) is 0 Å². The standard InChI is InChI=1S/C14H21NO/c1-10-7-11(2)14(15-9-10)13(16)8-12-5-3-4-6-12/h7,9,12-13,16H,3-6,8H2,1-2H3. The predicted octanol–water partition coefficient (Wildman–Crippen LogP) is 3.31. The molecule has 1 N–H and O–H groups in total. The number of nitrogens with zero attached hydrogens (tertiary/aromatic N) is 1. The van der Waals surface area contributed by atoms with Gasteiger partial charge in [-0.05, 0) is 37.3 Å². The van der Waals surface area contributed by atoms with Gasteiger partial charge in [0, 0.05) is 6.20 Å². The van der Waals surface area contributed by atoms with Crippen LogP contribution in [0.3, 0.4) is 0 Å². The molecule has 1 unspecified atom stereocenters. The Morgan fingerprint density at radius 3 is 2.69 bits per heavy atom. The first kappa shape index (κ1) is 11.6. The Morgan fingerprint density at radius 1 is 1.38 bits per heavy atom. The summed E-state index contributed by atoms with van der Waals surface area (Å²) < 4.78 is 0. The fraction of sp³-hybridized carbons (Fsp3) is 0.643. The molecule has 16 heavy (non-hydrogen) atoms. The summed E-state index contributed by atoms with van der Waals surface area (Å²) in [4.78, 5) is 4.37. The molecule has 0 bridgehead atoms. The van der Waals surface area contributed by atoms with Crippen molar-refractivity contribution in [2.24, 2.45) is 5.92 Å². The SMILES string of the molecule is Cc1cnc(C(O)CC2CCCC2)c(C)c1. The maximum Gasteiger partial charge on any atom is 0.0965 e. The Kier molecular flexibility index (Phi) is 3.59. The van der Waals surface area contributed by atoms with Gasteiger partial charge in [0.15, 0.2) is 0 Å². The molecule has 0 aliphatic heterocycles. The monoisotopic (exact) mass is 219 g/mol. The molecule has 0 spiro atoms. The van der Waals surface area contributed by atoms with Crippen LogP contribution in [-0.4, -0.2) is 10.1 Å². The average Bonchev–Trinajstić information content (AvgIpc) is 2.70. The number of hydrogen-bond donors (Lipinski definition) is 1. The van der Waals surface area contributed by atoms with Gasteiger partial charge < -0.3 is 5.11 Å². The Hall–Kier alpha value is -0.890. The number of pyridine rings is 1. The zero-order valence-electron chi connectivity index (χ0n) is 10.2. The first-order valence-corrected chi connectivity index (χ1v) is 6.28. The number of hydrogen-bond acceptors (Lipinski definition) is 2. The molecule has 1 heterocycles. The fourth-order valence-electron chi connectivity index (χ4n) is 2.75. The van der Waals surface area contributed by atoms with Crippen molar-refractivity contribution in [3.8, 4) is 0 Å². The van der Waals surface area contributed by atoms with E-state index in [0.29, 0.717) is 5.92 Å². The predicted molar refractivity (Wildman–Crippen MR) is 65.2 cm³/mol. The molecule has 1 aromatic heterocycles. The summed E-state index contributed by atoms with van der Waals surface area (Å²) in [5.74, 6) is 0.706. The van der Waals surface area contributed by atoms with Gasteiger partial charge in [0.1, 0.15) is 0 Å². The van der Waals surface area contributed by atoms with E-state index in [9.17, 15) is 5.11 Å². The molecule has 2 nitrogen and oxygen atoms in total. The molecule has 0 radical (unpaired) electrons. The van der Waals surface area contributed by atoms with Crippen molar-refractivity contribution in [1.29, 1.82) is 0 Å². The largest absolute Gasteiger partial charge is 0.387 e. The number of aromatic nitrogens is 1. The maximum atomic E-state index is 10.2. The molecule has 0 amide bonds. The highest BCUT2D eigenvalue weighted by Gasteiger charge is 2.21. The molecule has 2 rings (SSSR count). The Morgan fingerprint density at radius 2 is 2.06 bits per heavy atom. The van der Waals surface area contributed by atoms with Crippen LogP contribution in [0.2, 0.25) is 0 Å². The summed E-state index contributed by atoms with van der Waals surface area (Å²) >= 11 is 0. The molecule has 2 heteroatoms. The maximum absolute atomic E-state index is 10.2. The lowest BCUT2D eigenvalue weighted by Crippen LogP contribution is -2.08. The van der Waals surface area contributed by atoms with Crippen molar-refractivity contribution in [2.75, 3.05) is 0 Å². The van der Waals surface area contributed by atoms with E-state index in [0.717, 1.165) is 23.2 Å². The second-order valence-electron chi connectivity index (χ2n) is 5.12. The van der Waals surface area contributed by atoms with Crippen LogP contribution in [0, 0.1) is 19.8 Å². The van der Waals surface area contributed by atoms with Gasteiger partial charge in [-0.25, -0.2) is 0 Å². The third-order valence-electron chi connectivity index (χ3n) is 3.60. The Bertz CT molecular complexity index is 356. The third kappa shape index (κ3) is 2.62. The van der Waals surface area contributed by atoms with E-state index in [2.05, 4.69) is 11.1 Å². The first-order chi connectivity index (χ1) is 7.66. The molecule has 88 valence electrons. The van der Waals surface area contributed by atoms with Crippen LogP contribution < -0.4 is 0 Å². The molecule has 1 aromatic rings. The smallest absolute Gasteiger partial charge is 0.0965 e. The quantitative estimate of drug-likeness (QED) is 0.846. The summed E-state index contributed by atoms with van der Waals surface area (Å²) in [6.07, 6.45) is 7.58. The van der Waals surface area contributed by atoms with Gasteiger partial charge in [-0.3, -0.25) is 4.98 Å². The second-order valence-corrected chi connectivity index (χ2v) is 5.12. The van der Waals surface area contributed by atoms with E-state index in [1.807, 2.05) is 20.0 Å². The van der Waals surface area contributed by atoms with Gasteiger partial charge in [-0.15, -0.1) is 0 Å². The van der Waals surface area contributed by atoms with Gasteiger partial charge in [0.05, 0.1) is 11.8 Å². The minimum Gasteiger partial charge on any atom is -0.387 e. The van der Waals surface area contributed by atoms with Gasteiger partial charge in [0.2, 0.25) is 0 Å². The molecular weight excluding hydrogens is 198 g/mol. The van der Waals surface area contributed by atoms with E-state index >= 15 is 0 Å². The van der Waals surface area contributed by atoms with E-state index in [4.69, 9.17) is 0 Å². The lowest BCUT2D eigenvalue weighted by atomic mass is 9.96. The van der Waals surface area contributed by atoms with Gasteiger partial charge in [-0.2, -0.15) is 0 Å². The third-order valence-corrected chi connectivity index (χ3v) is 3.60. The summed E-state index contributed by atoms with van der Waals surface area (Å²) in [6, 6.07) is 2.10. The van der Waals surface area contributed by atoms with E-state index in [1.54, 1.807) is 0 Å². The fourth-order valence-corrected chi connectivity index (χ4v) is 2.75. The van der Waals surface area contributed by atoms with Gasteiger partial charge in [-0.1, -0.05) is 31.7 Å². The minimum atomic E-state index is -0.372. The van der Waals surface area contributed by atoms with Crippen molar-refractivity contribution in [2.45, 2.75) is 52.1 Å². The van der Waals surface area contributed by atoms with Crippen LogP contribution in [0.15, 0.2) is 12.3 Å². The molecule has 0 aromatic carbocycles. The number of rotatable bonds is 3. The zero-order chi connectivity index (χ0) is 11.5. The number of aryl methyl sites for hydroxylation is 2. The summed E-state index contributed by atoms with van der Waals surface area (Å²) in [6.45, 7) is 4.07. The summed E-state index contributed by atoms with van der Waals surface area (Å²) in [7, 11) is 0. The molecule has 1 aliphatic carbocycles. The van der Waals surface area contributed by atoms with Crippen molar-refractivity contribution >= 4 is 0 Å². The van der Waals surface area contributed by atoms with Crippen molar-refractivity contribution in [3.63, 3.8) is 0 Å². The number of aliphatic hydroxyl groups excluding tert-OH is 1. The lowest BCUT2D eigenvalue weighted by Gasteiger charge is -2.16. The van der Waals surface area contributed by atoms with E-state index in [-0.39, 0.29) is 6.10 Å². The highest BCUT2D eigenvalue weighted by Crippen LogP contribution is 2.33. The Balaban J connectivity index is 2.04. The molecule has 0 saturated heterocycles. The topological polar surface area (TPSA) is 33.1 Å². The van der Waals surface area contributed by atoms with Crippen LogP contribution in [-0.2, 0) is 0 Å². The zero-order valence-corrected chi connectivity index (χ0v) is 10.2. The second kappa shape index (κ2) is 4.96. The molecular formula is C14H21NO. The average molecular weight is 219 g/mol. The first-order valence-electron chi connectivity index (χ1n) is 6.28. The molecule has 1 atom stereocenters. The molecule has 1 saturated carbocycles.